The first-order chi connectivity index (χ1) is 24.6. The van der Waals surface area contributed by atoms with Crippen molar-refractivity contribution < 1.29 is 63.7 Å². The van der Waals surface area contributed by atoms with E-state index in [9.17, 15) is 44.7 Å². The number of halogens is 8. The molecule has 0 heterocycles. The van der Waals surface area contributed by atoms with Crippen molar-refractivity contribution in [1.29, 1.82) is 0 Å². The Morgan fingerprint density at radius 2 is 1.27 bits per heavy atom. The van der Waals surface area contributed by atoms with Crippen molar-refractivity contribution in [2.45, 2.75) is 95.8 Å². The van der Waals surface area contributed by atoms with E-state index in [-0.39, 0.29) is 42.2 Å². The Balaban J connectivity index is 1.38. The third-order valence-corrected chi connectivity index (χ3v) is 8.00. The van der Waals surface area contributed by atoms with Crippen molar-refractivity contribution >= 4 is 11.9 Å². The van der Waals surface area contributed by atoms with Crippen LogP contribution in [0.25, 0.3) is 11.1 Å². The zero-order valence-electron chi connectivity index (χ0n) is 28.9. The van der Waals surface area contributed by atoms with Gasteiger partial charge in [0.15, 0.2) is 11.6 Å². The molecule has 14 heteroatoms. The number of esters is 2. The predicted octanol–water partition coefficient (Wildman–Crippen LogP) is 11.0. The van der Waals surface area contributed by atoms with E-state index in [1.54, 1.807) is 48.5 Å². The molecule has 0 saturated heterocycles. The maximum atomic E-state index is 14.6. The molecule has 0 unspecified atom stereocenters. The molecule has 0 aromatic heterocycles. The lowest BCUT2D eigenvalue weighted by Crippen LogP contribution is -2.54. The molecule has 1 atom stereocenters. The molecule has 6 nitrogen and oxygen atoms in total. The molecule has 0 aliphatic rings. The largest absolute Gasteiger partial charge is 0.491 e. The van der Waals surface area contributed by atoms with Crippen LogP contribution < -0.4 is 9.47 Å². The van der Waals surface area contributed by atoms with E-state index in [0.29, 0.717) is 24.8 Å². The van der Waals surface area contributed by atoms with Crippen LogP contribution in [0.5, 0.6) is 11.5 Å². The first-order valence-electron chi connectivity index (χ1n) is 17.0. The van der Waals surface area contributed by atoms with Crippen LogP contribution in [0.4, 0.5) is 35.1 Å². The van der Waals surface area contributed by atoms with Gasteiger partial charge in [0.05, 0.1) is 23.8 Å². The van der Waals surface area contributed by atoms with E-state index >= 15 is 0 Å². The normalized spacial score (nSPS) is 12.7. The number of carbonyl (C=O) groups is 2. The second-order valence-electron chi connectivity index (χ2n) is 12.3. The molecule has 3 aromatic rings. The molecular weight excluding hydrogens is 704 g/mol. The van der Waals surface area contributed by atoms with Crippen molar-refractivity contribution in [2.24, 2.45) is 0 Å². The smallest absolute Gasteiger partial charge is 0.459 e. The van der Waals surface area contributed by atoms with E-state index in [4.69, 9.17) is 14.2 Å². The lowest BCUT2D eigenvalue weighted by Gasteiger charge is -2.27. The van der Waals surface area contributed by atoms with E-state index < -0.39 is 43.0 Å². The van der Waals surface area contributed by atoms with Gasteiger partial charge in [-0.3, -0.25) is 0 Å². The van der Waals surface area contributed by atoms with Crippen LogP contribution in [-0.4, -0.2) is 55.9 Å². The average molecular weight is 747 g/mol. The lowest BCUT2D eigenvalue weighted by atomic mass is 10.0. The third-order valence-electron chi connectivity index (χ3n) is 8.00. The molecular formula is C38H42F8O6. The van der Waals surface area contributed by atoms with Crippen molar-refractivity contribution in [3.8, 4) is 22.6 Å². The lowest BCUT2D eigenvalue weighted by molar-refractivity contribution is -0.361. The van der Waals surface area contributed by atoms with Crippen LogP contribution in [0.2, 0.25) is 0 Å². The monoisotopic (exact) mass is 746 g/mol. The number of rotatable bonds is 21. The summed E-state index contributed by atoms with van der Waals surface area (Å²) < 4.78 is 124. The van der Waals surface area contributed by atoms with Gasteiger partial charge in [0, 0.05) is 6.61 Å². The van der Waals surface area contributed by atoms with Gasteiger partial charge in [-0.2, -0.15) is 30.7 Å². The first kappa shape index (κ1) is 42.2. The fourth-order valence-electron chi connectivity index (χ4n) is 4.93. The Bertz CT molecular complexity index is 1560. The van der Waals surface area contributed by atoms with Gasteiger partial charge < -0.3 is 18.9 Å². The highest BCUT2D eigenvalue weighted by Gasteiger charge is 2.72. The van der Waals surface area contributed by atoms with Crippen LogP contribution in [0.1, 0.15) is 92.4 Å². The number of hydrogen-bond donors (Lipinski definition) is 0. The van der Waals surface area contributed by atoms with Gasteiger partial charge in [-0.25, -0.2) is 14.0 Å². The molecule has 0 aliphatic heterocycles. The Morgan fingerprint density at radius 3 is 1.87 bits per heavy atom. The van der Waals surface area contributed by atoms with Gasteiger partial charge >= 0.3 is 30.0 Å². The molecule has 0 aliphatic carbocycles. The van der Waals surface area contributed by atoms with Crippen LogP contribution in [-0.2, 0) is 9.47 Å². The number of unbranched alkanes of at least 4 members (excludes halogenated alkanes) is 6. The highest BCUT2D eigenvalue weighted by atomic mass is 19.4. The van der Waals surface area contributed by atoms with Crippen LogP contribution in [0.3, 0.4) is 0 Å². The molecule has 3 rings (SSSR count). The minimum atomic E-state index is -6.40. The summed E-state index contributed by atoms with van der Waals surface area (Å²) in [4.78, 5) is 25.1. The molecule has 0 fully saturated rings. The highest BCUT2D eigenvalue weighted by Crippen LogP contribution is 2.46. The molecule has 0 bridgehead atoms. The summed E-state index contributed by atoms with van der Waals surface area (Å²) in [7, 11) is 0. The fraction of sp³-hybridized carbons (Fsp3) is 0.474. The number of benzene rings is 3. The van der Waals surface area contributed by atoms with E-state index in [1.807, 2.05) is 6.92 Å². The van der Waals surface area contributed by atoms with Crippen LogP contribution in [0, 0.1) is 5.82 Å². The average Bonchev–Trinajstić information content (AvgIpc) is 3.09. The molecule has 0 N–H and O–H groups in total. The van der Waals surface area contributed by atoms with Gasteiger partial charge in [0.2, 0.25) is 0 Å². The number of ether oxygens (including phenoxy) is 4. The van der Waals surface area contributed by atoms with E-state index in [0.717, 1.165) is 49.3 Å². The second-order valence-corrected chi connectivity index (χ2v) is 12.3. The Hall–Kier alpha value is -4.20. The highest BCUT2D eigenvalue weighted by molar-refractivity contribution is 5.91. The third kappa shape index (κ3) is 12.5. The van der Waals surface area contributed by atoms with Crippen molar-refractivity contribution in [3.63, 3.8) is 0 Å². The fourth-order valence-corrected chi connectivity index (χ4v) is 4.93. The Morgan fingerprint density at radius 1 is 0.692 bits per heavy atom. The first-order valence-corrected chi connectivity index (χ1v) is 17.0. The van der Waals surface area contributed by atoms with Crippen molar-refractivity contribution in [2.75, 3.05) is 19.8 Å². The zero-order valence-corrected chi connectivity index (χ0v) is 28.9. The maximum Gasteiger partial charge on any atom is 0.459 e. The van der Waals surface area contributed by atoms with Gasteiger partial charge in [-0.15, -0.1) is 0 Å². The topological polar surface area (TPSA) is 71.1 Å². The number of alkyl halides is 7. The predicted molar refractivity (Wildman–Crippen MR) is 178 cm³/mol. The summed E-state index contributed by atoms with van der Waals surface area (Å²) in [5.41, 5.74) is 2.01. The van der Waals surface area contributed by atoms with Crippen LogP contribution in [0.15, 0.2) is 66.7 Å². The summed E-state index contributed by atoms with van der Waals surface area (Å²) in [6.07, 6.45) is -0.0167. The number of hydrogen-bond acceptors (Lipinski definition) is 6. The van der Waals surface area contributed by atoms with E-state index in [2.05, 4.69) is 11.7 Å². The SMILES string of the molecule is CCCCCC[C@H](C)OC(=O)c1ccc(-c2ccc(OC(=O)c3ccc(OCCCCCCOCC(F)(F)C(F)(F)C(F)(F)F)c(F)c3)cc2)cc1. The van der Waals surface area contributed by atoms with Gasteiger partial charge in [-0.05, 0) is 92.6 Å². The van der Waals surface area contributed by atoms with Crippen LogP contribution >= 0.6 is 0 Å². The van der Waals surface area contributed by atoms with E-state index in [1.165, 1.54) is 12.1 Å². The molecule has 0 amide bonds. The van der Waals surface area contributed by atoms with Gasteiger partial charge in [-0.1, -0.05) is 56.9 Å². The summed E-state index contributed by atoms with van der Waals surface area (Å²) >= 11 is 0. The molecule has 286 valence electrons. The zero-order chi connectivity index (χ0) is 38.4. The summed E-state index contributed by atoms with van der Waals surface area (Å²) in [5.74, 6) is -13.5. The molecule has 3 aromatic carbocycles. The Kier molecular flexibility index (Phi) is 15.9. The second kappa shape index (κ2) is 19.6. The van der Waals surface area contributed by atoms with Crippen molar-refractivity contribution in [1.82, 2.24) is 0 Å². The van der Waals surface area contributed by atoms with Gasteiger partial charge in [0.1, 0.15) is 12.4 Å². The number of carbonyl (C=O) groups excluding carboxylic acids is 2. The molecule has 0 spiro atoms. The van der Waals surface area contributed by atoms with Crippen molar-refractivity contribution in [3.05, 3.63) is 83.7 Å². The summed E-state index contributed by atoms with van der Waals surface area (Å²) in [6, 6.07) is 17.1. The molecule has 52 heavy (non-hydrogen) atoms. The quantitative estimate of drug-likeness (QED) is 0.0468. The maximum absolute atomic E-state index is 14.6. The standard InChI is InChI=1S/C38H42F8O6/c1-3-4-5-8-11-26(2)51-34(47)29-14-12-27(13-15-29)28-16-19-31(20-17-28)52-35(48)30-18-21-33(32(39)24-30)50-23-10-7-6-9-22-49-25-36(40,41)37(42,43)38(44,45)46/h12-21,24,26H,3-11,22-23,25H2,1-2H3/t26-/m0/s1. The van der Waals surface area contributed by atoms with Gasteiger partial charge in [0.25, 0.3) is 0 Å². The summed E-state index contributed by atoms with van der Waals surface area (Å²) in [6.45, 7) is 1.55. The summed E-state index contributed by atoms with van der Waals surface area (Å²) in [5, 5.41) is 0. The molecule has 0 saturated carbocycles. The minimum absolute atomic E-state index is 0.0506. The minimum Gasteiger partial charge on any atom is -0.491 e. The Labute approximate surface area is 297 Å². The molecule has 0 radical (unpaired) electrons.